The van der Waals surface area contributed by atoms with Crippen LogP contribution in [-0.2, 0) is 6.61 Å². The lowest BCUT2D eigenvalue weighted by Gasteiger charge is -2.32. The van der Waals surface area contributed by atoms with Crippen molar-refractivity contribution < 1.29 is 4.74 Å². The van der Waals surface area contributed by atoms with Crippen LogP contribution in [0.2, 0.25) is 0 Å². The zero-order chi connectivity index (χ0) is 23.5. The largest absolute Gasteiger partial charge is 0.485 e. The molecule has 2 aromatic heterocycles. The fraction of sp³-hybridized carbons (Fsp3) is 0.429. The van der Waals surface area contributed by atoms with Crippen LogP contribution >= 0.6 is 11.3 Å². The lowest BCUT2D eigenvalue weighted by Crippen LogP contribution is -2.29. The van der Waals surface area contributed by atoms with Crippen LogP contribution in [0.1, 0.15) is 61.1 Å². The number of piperidine rings is 1. The van der Waals surface area contributed by atoms with Crippen molar-refractivity contribution >= 4 is 17.2 Å². The number of rotatable bonds is 5. The molecule has 1 saturated carbocycles. The minimum atomic E-state index is 0.191. The second-order valence-corrected chi connectivity index (χ2v) is 11.0. The van der Waals surface area contributed by atoms with E-state index in [2.05, 4.69) is 53.9 Å². The molecule has 0 radical (unpaired) electrons. The summed E-state index contributed by atoms with van der Waals surface area (Å²) in [7, 11) is 2.18. The Bertz CT molecular complexity index is 1210. The quantitative estimate of drug-likeness (QED) is 0.481. The molecule has 0 amide bonds. The average molecular weight is 473 g/mol. The van der Waals surface area contributed by atoms with Crippen LogP contribution in [-0.4, -0.2) is 35.0 Å². The van der Waals surface area contributed by atoms with Gasteiger partial charge in [0.25, 0.3) is 0 Å². The molecule has 2 fully saturated rings. The van der Waals surface area contributed by atoms with E-state index in [0.717, 1.165) is 34.7 Å². The summed E-state index contributed by atoms with van der Waals surface area (Å²) in [6.45, 7) is 4.94. The summed E-state index contributed by atoms with van der Waals surface area (Å²) >= 11 is 1.76. The zero-order valence-electron chi connectivity index (χ0n) is 20.0. The summed E-state index contributed by atoms with van der Waals surface area (Å²) in [4.78, 5) is 12.6. The van der Waals surface area contributed by atoms with Crippen molar-refractivity contribution in [3.8, 4) is 28.0 Å². The number of nitrogens with zero attached hydrogens (tertiary/aromatic N) is 3. The first-order valence-electron chi connectivity index (χ1n) is 12.1. The summed E-state index contributed by atoms with van der Waals surface area (Å²) in [6.07, 6.45) is 9.79. The van der Waals surface area contributed by atoms with E-state index in [1.807, 2.05) is 24.5 Å². The van der Waals surface area contributed by atoms with Gasteiger partial charge in [-0.2, -0.15) is 0 Å². The smallest absolute Gasteiger partial charge is 0.166 e. The highest BCUT2D eigenvalue weighted by atomic mass is 32.1. The summed E-state index contributed by atoms with van der Waals surface area (Å²) in [5.41, 5.74) is 9.42. The fourth-order valence-electron chi connectivity index (χ4n) is 4.53. The molecular formula is C28H32N4OS. The molecule has 0 atom stereocenters. The van der Waals surface area contributed by atoms with Gasteiger partial charge in [-0.25, -0.2) is 9.97 Å². The predicted molar refractivity (Wildman–Crippen MR) is 139 cm³/mol. The van der Waals surface area contributed by atoms with Crippen molar-refractivity contribution in [2.75, 3.05) is 25.9 Å². The van der Waals surface area contributed by atoms with Crippen molar-refractivity contribution in [1.82, 2.24) is 14.9 Å². The summed E-state index contributed by atoms with van der Waals surface area (Å²) in [6, 6.07) is 10.2. The molecule has 2 N–H and O–H groups in total. The number of hydrogen-bond acceptors (Lipinski definition) is 6. The van der Waals surface area contributed by atoms with Crippen LogP contribution in [0.15, 0.2) is 42.7 Å². The van der Waals surface area contributed by atoms with Gasteiger partial charge in [0.15, 0.2) is 11.6 Å². The summed E-state index contributed by atoms with van der Waals surface area (Å²) < 4.78 is 6.10. The van der Waals surface area contributed by atoms with Crippen LogP contribution in [0.5, 0.6) is 5.75 Å². The van der Waals surface area contributed by atoms with E-state index >= 15 is 0 Å². The third-order valence-electron chi connectivity index (χ3n) is 7.04. The Labute approximate surface area is 206 Å². The van der Waals surface area contributed by atoms with E-state index in [-0.39, 0.29) is 5.41 Å². The average Bonchev–Trinajstić information content (AvgIpc) is 3.32. The van der Waals surface area contributed by atoms with Gasteiger partial charge in [0.1, 0.15) is 6.61 Å². The highest BCUT2D eigenvalue weighted by Gasteiger charge is 2.29. The Hall–Kier alpha value is -2.88. The van der Waals surface area contributed by atoms with Gasteiger partial charge in [-0.3, -0.25) is 0 Å². The van der Waals surface area contributed by atoms with Crippen molar-refractivity contribution in [3.05, 3.63) is 58.9 Å². The molecule has 3 heterocycles. The number of thiazole rings is 1. The minimum absolute atomic E-state index is 0.191. The Balaban J connectivity index is 1.26. The van der Waals surface area contributed by atoms with Gasteiger partial charge in [0.2, 0.25) is 0 Å². The first kappa shape index (κ1) is 22.9. The summed E-state index contributed by atoms with van der Waals surface area (Å²) in [5, 5.41) is 1.22. The van der Waals surface area contributed by atoms with E-state index in [0.29, 0.717) is 24.1 Å². The normalized spacial score (nSPS) is 18.1. The van der Waals surface area contributed by atoms with Crippen molar-refractivity contribution in [3.63, 3.8) is 0 Å². The second-order valence-electron chi connectivity index (χ2n) is 9.90. The molecular weight excluding hydrogens is 440 g/mol. The van der Waals surface area contributed by atoms with Gasteiger partial charge in [0.05, 0.1) is 9.88 Å². The van der Waals surface area contributed by atoms with Crippen LogP contribution in [0.25, 0.3) is 10.4 Å². The molecule has 3 aromatic rings. The van der Waals surface area contributed by atoms with Gasteiger partial charge in [-0.15, -0.1) is 11.3 Å². The van der Waals surface area contributed by atoms with Crippen molar-refractivity contribution in [2.24, 2.45) is 5.41 Å². The van der Waals surface area contributed by atoms with Gasteiger partial charge in [0, 0.05) is 34.9 Å². The lowest BCUT2D eigenvalue weighted by atomic mass is 9.71. The molecule has 0 spiro atoms. The van der Waals surface area contributed by atoms with E-state index in [1.165, 1.54) is 37.1 Å². The van der Waals surface area contributed by atoms with Crippen LogP contribution < -0.4 is 10.5 Å². The first-order valence-corrected chi connectivity index (χ1v) is 12.9. The standard InChI is InChI=1S/C28H32N4OS/c1-28(10-4-11-28)12-7-20-5-3-6-21(15-20)19-33-24-16-23(17-30-26(24)29)25-18-31-27(34-25)22-8-13-32(2)14-9-22/h3,5-6,15-18,22H,4,8-11,13-14,19H2,1-2H3,(H2,29,30). The third-order valence-corrected chi connectivity index (χ3v) is 8.25. The Morgan fingerprint density at radius 2 is 2.00 bits per heavy atom. The van der Waals surface area contributed by atoms with Crippen molar-refractivity contribution in [1.29, 1.82) is 0 Å². The topological polar surface area (TPSA) is 64.3 Å². The number of nitrogens with two attached hydrogens (primary N) is 1. The Morgan fingerprint density at radius 1 is 1.18 bits per heavy atom. The highest BCUT2D eigenvalue weighted by molar-refractivity contribution is 7.15. The maximum absolute atomic E-state index is 6.14. The number of nitrogen functional groups attached to an aromatic ring is 1. The minimum Gasteiger partial charge on any atom is -0.485 e. The van der Waals surface area contributed by atoms with Crippen LogP contribution in [0.4, 0.5) is 5.82 Å². The maximum Gasteiger partial charge on any atom is 0.166 e. The summed E-state index contributed by atoms with van der Waals surface area (Å²) in [5.74, 6) is 8.35. The molecule has 0 unspecified atom stereocenters. The monoisotopic (exact) mass is 472 g/mol. The van der Waals surface area contributed by atoms with Crippen LogP contribution in [0.3, 0.4) is 0 Å². The maximum atomic E-state index is 6.14. The number of ether oxygens (including phenoxy) is 1. The fourth-order valence-corrected chi connectivity index (χ4v) is 5.59. The Morgan fingerprint density at radius 3 is 2.76 bits per heavy atom. The SMILES string of the molecule is CN1CCC(c2ncc(-c3cnc(N)c(OCc4cccc(C#CC5(C)CCC5)c4)c3)s2)CC1. The lowest BCUT2D eigenvalue weighted by molar-refractivity contribution is 0.248. The molecule has 2 aliphatic rings. The molecule has 176 valence electrons. The molecule has 5 rings (SSSR count). The number of hydrogen-bond donors (Lipinski definition) is 1. The second kappa shape index (κ2) is 9.77. The van der Waals surface area contributed by atoms with Crippen LogP contribution in [0, 0.1) is 17.3 Å². The molecule has 6 heteroatoms. The van der Waals surface area contributed by atoms with Gasteiger partial charge < -0.3 is 15.4 Å². The molecule has 1 saturated heterocycles. The predicted octanol–water partition coefficient (Wildman–Crippen LogP) is 5.72. The van der Waals surface area contributed by atoms with Gasteiger partial charge in [-0.1, -0.05) is 30.4 Å². The molecule has 1 aliphatic heterocycles. The van der Waals surface area contributed by atoms with E-state index in [4.69, 9.17) is 15.5 Å². The van der Waals surface area contributed by atoms with Gasteiger partial charge >= 0.3 is 0 Å². The highest BCUT2D eigenvalue weighted by Crippen LogP contribution is 2.39. The molecule has 1 aliphatic carbocycles. The first-order chi connectivity index (χ1) is 16.5. The molecule has 5 nitrogen and oxygen atoms in total. The van der Waals surface area contributed by atoms with Crippen molar-refractivity contribution in [2.45, 2.75) is 51.6 Å². The number of benzene rings is 1. The molecule has 34 heavy (non-hydrogen) atoms. The number of aromatic nitrogens is 2. The molecule has 1 aromatic carbocycles. The Kier molecular flexibility index (Phi) is 6.58. The third kappa shape index (κ3) is 5.27. The van der Waals surface area contributed by atoms with Gasteiger partial charge in [-0.05, 0) is 76.5 Å². The van der Waals surface area contributed by atoms with E-state index in [9.17, 15) is 0 Å². The number of anilines is 1. The molecule has 0 bridgehead atoms. The van der Waals surface area contributed by atoms with E-state index in [1.54, 1.807) is 11.3 Å². The number of likely N-dealkylation sites (tertiary alicyclic amines) is 1. The zero-order valence-corrected chi connectivity index (χ0v) is 20.8. The number of pyridine rings is 1. The van der Waals surface area contributed by atoms with E-state index < -0.39 is 0 Å².